The average molecular weight is 306 g/mol. The van der Waals surface area contributed by atoms with E-state index in [2.05, 4.69) is 41.5 Å². The summed E-state index contributed by atoms with van der Waals surface area (Å²) in [5, 5.41) is 0. The maximum Gasteiger partial charge on any atom is 0.166 e. The van der Waals surface area contributed by atoms with E-state index in [1.54, 1.807) is 0 Å². The minimum atomic E-state index is -0.358. The Labute approximate surface area is 136 Å². The molecule has 126 valence electrons. The molecule has 0 N–H and O–H groups in total. The van der Waals surface area contributed by atoms with Gasteiger partial charge in [-0.3, -0.25) is 0 Å². The molecule has 4 rings (SSSR count). The molecule has 0 aromatic heterocycles. The van der Waals surface area contributed by atoms with Gasteiger partial charge in [-0.05, 0) is 68.1 Å². The molecule has 2 bridgehead atoms. The fourth-order valence-corrected chi connectivity index (χ4v) is 7.47. The third kappa shape index (κ3) is 1.64. The molecule has 0 radical (unpaired) electrons. The van der Waals surface area contributed by atoms with Gasteiger partial charge in [-0.1, -0.05) is 34.1 Å². The minimum Gasteiger partial charge on any atom is -0.344 e. The molecule has 2 heteroatoms. The molecule has 0 amide bonds. The normalized spacial score (nSPS) is 58.6. The van der Waals surface area contributed by atoms with Gasteiger partial charge in [0.05, 0.1) is 11.7 Å². The monoisotopic (exact) mass is 306 g/mol. The van der Waals surface area contributed by atoms with Crippen molar-refractivity contribution in [3.05, 3.63) is 0 Å². The van der Waals surface area contributed by atoms with E-state index >= 15 is 0 Å². The molecule has 0 unspecified atom stereocenters. The van der Waals surface area contributed by atoms with Crippen LogP contribution < -0.4 is 0 Å². The lowest BCUT2D eigenvalue weighted by molar-refractivity contribution is -0.193. The van der Waals surface area contributed by atoms with Crippen LogP contribution in [0, 0.1) is 28.6 Å². The number of rotatable bonds is 2. The fraction of sp³-hybridized carbons (Fsp3) is 1.00. The van der Waals surface area contributed by atoms with Crippen LogP contribution in [0.1, 0.15) is 80.1 Å². The summed E-state index contributed by atoms with van der Waals surface area (Å²) >= 11 is 0. The van der Waals surface area contributed by atoms with Crippen LogP contribution in [-0.4, -0.2) is 17.5 Å². The van der Waals surface area contributed by atoms with Gasteiger partial charge < -0.3 is 9.47 Å². The zero-order chi connectivity index (χ0) is 16.0. The predicted molar refractivity (Wildman–Crippen MR) is 88.5 cm³/mol. The topological polar surface area (TPSA) is 18.5 Å². The highest BCUT2D eigenvalue weighted by Crippen LogP contribution is 2.75. The van der Waals surface area contributed by atoms with Crippen LogP contribution in [0.4, 0.5) is 0 Å². The highest BCUT2D eigenvalue weighted by atomic mass is 16.8. The van der Waals surface area contributed by atoms with Gasteiger partial charge >= 0.3 is 0 Å². The van der Waals surface area contributed by atoms with Crippen molar-refractivity contribution in [3.63, 3.8) is 0 Å². The molecule has 1 saturated heterocycles. The van der Waals surface area contributed by atoms with E-state index in [1.165, 1.54) is 25.7 Å². The number of fused-ring (bicyclic) bond motifs is 3. The Hall–Kier alpha value is -0.0800. The van der Waals surface area contributed by atoms with Crippen molar-refractivity contribution in [1.29, 1.82) is 0 Å². The van der Waals surface area contributed by atoms with Gasteiger partial charge in [0, 0.05) is 6.42 Å². The average Bonchev–Trinajstić information content (AvgIpc) is 2.92. The lowest BCUT2D eigenvalue weighted by atomic mass is 9.63. The van der Waals surface area contributed by atoms with E-state index < -0.39 is 0 Å². The molecule has 4 fully saturated rings. The lowest BCUT2D eigenvalue weighted by Gasteiger charge is -2.47. The van der Waals surface area contributed by atoms with E-state index in [0.717, 1.165) is 24.7 Å². The molecule has 4 aliphatic rings. The van der Waals surface area contributed by atoms with Crippen LogP contribution in [0.3, 0.4) is 0 Å². The zero-order valence-electron chi connectivity index (χ0n) is 15.4. The van der Waals surface area contributed by atoms with Gasteiger partial charge in [-0.25, -0.2) is 0 Å². The highest BCUT2D eigenvalue weighted by Gasteiger charge is 2.74. The van der Waals surface area contributed by atoms with E-state index in [4.69, 9.17) is 9.47 Å². The summed E-state index contributed by atoms with van der Waals surface area (Å²) in [6.45, 7) is 14.3. The molecule has 3 aliphatic carbocycles. The van der Waals surface area contributed by atoms with E-state index in [0.29, 0.717) is 22.9 Å². The van der Waals surface area contributed by atoms with Crippen LogP contribution in [-0.2, 0) is 9.47 Å². The zero-order valence-corrected chi connectivity index (χ0v) is 15.4. The molecule has 3 saturated carbocycles. The SMILES string of the molecule is CCC[C@]1(C)O[C@H]2C[C@@]34C[C@H](C(C)(C)[C@@H]3CC[C@H]4C)[C@@]2(C)O1. The molecular formula is C20H34O2. The second kappa shape index (κ2) is 4.30. The second-order valence-corrected chi connectivity index (χ2v) is 9.82. The number of ether oxygens (including phenoxy) is 2. The van der Waals surface area contributed by atoms with E-state index in [-0.39, 0.29) is 11.4 Å². The van der Waals surface area contributed by atoms with Gasteiger partial charge in [0.2, 0.25) is 0 Å². The quantitative estimate of drug-likeness (QED) is 0.701. The van der Waals surface area contributed by atoms with Crippen LogP contribution in [0.2, 0.25) is 0 Å². The summed E-state index contributed by atoms with van der Waals surface area (Å²) in [7, 11) is 0. The van der Waals surface area contributed by atoms with Crippen molar-refractivity contribution in [2.24, 2.45) is 28.6 Å². The van der Waals surface area contributed by atoms with Crippen molar-refractivity contribution in [3.8, 4) is 0 Å². The van der Waals surface area contributed by atoms with Gasteiger partial charge in [-0.15, -0.1) is 0 Å². The van der Waals surface area contributed by atoms with E-state index in [9.17, 15) is 0 Å². The predicted octanol–water partition coefficient (Wildman–Crippen LogP) is 5.16. The number of hydrogen-bond acceptors (Lipinski definition) is 2. The Morgan fingerprint density at radius 3 is 2.41 bits per heavy atom. The summed E-state index contributed by atoms with van der Waals surface area (Å²) in [6, 6.07) is 0. The Balaban J connectivity index is 1.75. The van der Waals surface area contributed by atoms with Gasteiger partial charge in [-0.2, -0.15) is 0 Å². The summed E-state index contributed by atoms with van der Waals surface area (Å²) in [5.74, 6) is 2.01. The minimum absolute atomic E-state index is 0.0806. The summed E-state index contributed by atoms with van der Waals surface area (Å²) in [5.41, 5.74) is 0.830. The number of hydrogen-bond donors (Lipinski definition) is 0. The first kappa shape index (κ1) is 15.4. The van der Waals surface area contributed by atoms with Crippen molar-refractivity contribution >= 4 is 0 Å². The maximum absolute atomic E-state index is 6.72. The molecule has 22 heavy (non-hydrogen) atoms. The van der Waals surface area contributed by atoms with Gasteiger partial charge in [0.25, 0.3) is 0 Å². The molecule has 1 spiro atoms. The first-order valence-electron chi connectivity index (χ1n) is 9.56. The standard InChI is InChI=1S/C20H34O2/c1-7-10-18(5)21-16-12-20-11-15(19(16,6)22-18)17(3,4)14(20)9-8-13(20)2/h13-16H,7-12H2,1-6H3/t13-,14+,15-,16+,18-,19-,20-/m1/s1. The smallest absolute Gasteiger partial charge is 0.166 e. The fourth-order valence-electron chi connectivity index (χ4n) is 7.47. The molecule has 0 aromatic rings. The summed E-state index contributed by atoms with van der Waals surface area (Å²) in [4.78, 5) is 0. The van der Waals surface area contributed by atoms with Gasteiger partial charge in [0.15, 0.2) is 5.79 Å². The molecular weight excluding hydrogens is 272 g/mol. The summed E-state index contributed by atoms with van der Waals surface area (Å²) in [6.07, 6.45) is 7.86. The van der Waals surface area contributed by atoms with Crippen LogP contribution in [0.15, 0.2) is 0 Å². The second-order valence-electron chi connectivity index (χ2n) is 9.82. The molecule has 1 aliphatic heterocycles. The van der Waals surface area contributed by atoms with E-state index in [1.807, 2.05) is 0 Å². The Bertz CT molecular complexity index is 486. The largest absolute Gasteiger partial charge is 0.344 e. The summed E-state index contributed by atoms with van der Waals surface area (Å²) < 4.78 is 13.3. The Morgan fingerprint density at radius 2 is 1.73 bits per heavy atom. The van der Waals surface area contributed by atoms with Crippen molar-refractivity contribution in [2.45, 2.75) is 97.6 Å². The Morgan fingerprint density at radius 1 is 1.00 bits per heavy atom. The van der Waals surface area contributed by atoms with Crippen LogP contribution in [0.25, 0.3) is 0 Å². The van der Waals surface area contributed by atoms with Crippen molar-refractivity contribution in [1.82, 2.24) is 0 Å². The molecule has 1 heterocycles. The molecule has 2 nitrogen and oxygen atoms in total. The Kier molecular flexibility index (Phi) is 3.02. The molecule has 0 aromatic carbocycles. The van der Waals surface area contributed by atoms with Crippen molar-refractivity contribution < 1.29 is 9.47 Å². The van der Waals surface area contributed by atoms with Gasteiger partial charge in [0.1, 0.15) is 0 Å². The first-order valence-corrected chi connectivity index (χ1v) is 9.56. The maximum atomic E-state index is 6.72. The lowest BCUT2D eigenvalue weighted by Crippen LogP contribution is -2.52. The van der Waals surface area contributed by atoms with Crippen LogP contribution in [0.5, 0.6) is 0 Å². The molecule has 7 atom stereocenters. The van der Waals surface area contributed by atoms with Crippen LogP contribution >= 0.6 is 0 Å². The van der Waals surface area contributed by atoms with Crippen molar-refractivity contribution in [2.75, 3.05) is 0 Å². The third-order valence-corrected chi connectivity index (χ3v) is 8.37. The first-order chi connectivity index (χ1) is 10.2. The third-order valence-electron chi connectivity index (χ3n) is 8.37. The highest BCUT2D eigenvalue weighted by molar-refractivity contribution is 5.21.